The maximum atomic E-state index is 5.93. The highest BCUT2D eigenvalue weighted by atomic mass is 127. The molecule has 0 radical (unpaired) electrons. The minimum atomic E-state index is -0.138. The van der Waals surface area contributed by atoms with Gasteiger partial charge in [-0.15, -0.1) is 0 Å². The standard InChI is InChI=1S/C8H12IN/c1-6-3-7(2)5-8(9,10)4-6/h3-4H,5,10H2,1-2H3/t8-/m1/s1. The molecule has 0 unspecified atom stereocenters. The molecule has 0 heterocycles. The van der Waals surface area contributed by atoms with Gasteiger partial charge >= 0.3 is 0 Å². The van der Waals surface area contributed by atoms with Gasteiger partial charge in [-0.05, 0) is 20.3 Å². The maximum Gasteiger partial charge on any atom is 0.0908 e. The Labute approximate surface area is 75.5 Å². The molecular weight excluding hydrogens is 237 g/mol. The minimum absolute atomic E-state index is 0.138. The second-order valence-corrected chi connectivity index (χ2v) is 4.99. The van der Waals surface area contributed by atoms with Crippen LogP contribution in [0.15, 0.2) is 23.3 Å². The van der Waals surface area contributed by atoms with Crippen LogP contribution >= 0.6 is 22.6 Å². The first-order valence-electron chi connectivity index (χ1n) is 3.34. The molecule has 0 aliphatic heterocycles. The summed E-state index contributed by atoms with van der Waals surface area (Å²) in [6.07, 6.45) is 5.27. The lowest BCUT2D eigenvalue weighted by molar-refractivity contribution is 0.754. The van der Waals surface area contributed by atoms with Crippen molar-refractivity contribution < 1.29 is 0 Å². The molecule has 56 valence electrons. The van der Waals surface area contributed by atoms with Gasteiger partial charge in [0.2, 0.25) is 0 Å². The van der Waals surface area contributed by atoms with Gasteiger partial charge in [0.05, 0.1) is 3.55 Å². The Morgan fingerprint density at radius 3 is 2.60 bits per heavy atom. The van der Waals surface area contributed by atoms with Crippen molar-refractivity contribution in [2.24, 2.45) is 5.73 Å². The predicted molar refractivity (Wildman–Crippen MR) is 53.1 cm³/mol. The highest BCUT2D eigenvalue weighted by Crippen LogP contribution is 2.29. The lowest BCUT2D eigenvalue weighted by Gasteiger charge is -2.23. The lowest BCUT2D eigenvalue weighted by Crippen LogP contribution is -2.31. The fourth-order valence-corrected chi connectivity index (χ4v) is 2.43. The molecular formula is C8H12IN. The van der Waals surface area contributed by atoms with E-state index < -0.39 is 0 Å². The molecule has 1 nitrogen and oxygen atoms in total. The van der Waals surface area contributed by atoms with E-state index in [0.29, 0.717) is 0 Å². The zero-order chi connectivity index (χ0) is 7.78. The Kier molecular flexibility index (Phi) is 2.20. The van der Waals surface area contributed by atoms with Crippen molar-refractivity contribution >= 4 is 22.6 Å². The van der Waals surface area contributed by atoms with Crippen LogP contribution in [-0.2, 0) is 0 Å². The van der Waals surface area contributed by atoms with E-state index in [4.69, 9.17) is 5.73 Å². The summed E-state index contributed by atoms with van der Waals surface area (Å²) in [5.74, 6) is 0. The molecule has 2 N–H and O–H groups in total. The summed E-state index contributed by atoms with van der Waals surface area (Å²) in [7, 11) is 0. The first-order chi connectivity index (χ1) is 4.49. The zero-order valence-electron chi connectivity index (χ0n) is 6.32. The maximum absolute atomic E-state index is 5.93. The molecule has 0 spiro atoms. The monoisotopic (exact) mass is 249 g/mol. The molecule has 2 heteroatoms. The second kappa shape index (κ2) is 2.66. The van der Waals surface area contributed by atoms with Crippen LogP contribution in [0.25, 0.3) is 0 Å². The molecule has 0 amide bonds. The van der Waals surface area contributed by atoms with Crippen LogP contribution in [-0.4, -0.2) is 3.55 Å². The van der Waals surface area contributed by atoms with Crippen LogP contribution in [0, 0.1) is 0 Å². The third-order valence-electron chi connectivity index (χ3n) is 1.49. The van der Waals surface area contributed by atoms with Crippen LogP contribution in [0.2, 0.25) is 0 Å². The Morgan fingerprint density at radius 2 is 2.20 bits per heavy atom. The Hall–Kier alpha value is 0.170. The Morgan fingerprint density at radius 1 is 1.60 bits per heavy atom. The minimum Gasteiger partial charge on any atom is -0.313 e. The molecule has 1 aliphatic rings. The van der Waals surface area contributed by atoms with E-state index in [1.165, 1.54) is 11.1 Å². The SMILES string of the molecule is CC1=C[C@](N)(I)CC(C)=C1. The molecule has 1 rings (SSSR count). The van der Waals surface area contributed by atoms with Gasteiger partial charge < -0.3 is 5.73 Å². The van der Waals surface area contributed by atoms with Crippen molar-refractivity contribution in [1.29, 1.82) is 0 Å². The Balaban J connectivity index is 2.88. The van der Waals surface area contributed by atoms with Gasteiger partial charge in [0.25, 0.3) is 0 Å². The number of allylic oxidation sites excluding steroid dienone is 2. The Bertz CT molecular complexity index is 201. The first-order valence-corrected chi connectivity index (χ1v) is 4.42. The predicted octanol–water partition coefficient (Wildman–Crippen LogP) is 2.37. The van der Waals surface area contributed by atoms with Gasteiger partial charge in [0, 0.05) is 0 Å². The highest BCUT2D eigenvalue weighted by molar-refractivity contribution is 14.1. The molecule has 1 atom stereocenters. The topological polar surface area (TPSA) is 26.0 Å². The number of rotatable bonds is 0. The average molecular weight is 249 g/mol. The van der Waals surface area contributed by atoms with E-state index in [9.17, 15) is 0 Å². The fourth-order valence-electron chi connectivity index (χ4n) is 1.34. The first kappa shape index (κ1) is 8.27. The van der Waals surface area contributed by atoms with Gasteiger partial charge in [-0.3, -0.25) is 0 Å². The van der Waals surface area contributed by atoms with Gasteiger partial charge in [-0.1, -0.05) is 45.9 Å². The smallest absolute Gasteiger partial charge is 0.0908 e. The van der Waals surface area contributed by atoms with E-state index >= 15 is 0 Å². The number of halogens is 1. The van der Waals surface area contributed by atoms with Gasteiger partial charge in [-0.25, -0.2) is 0 Å². The summed E-state index contributed by atoms with van der Waals surface area (Å²) in [4.78, 5) is 0. The van der Waals surface area contributed by atoms with Crippen molar-refractivity contribution in [1.82, 2.24) is 0 Å². The summed E-state index contributed by atoms with van der Waals surface area (Å²) in [5.41, 5.74) is 8.58. The third kappa shape index (κ3) is 2.09. The fraction of sp³-hybridized carbons (Fsp3) is 0.500. The number of nitrogens with two attached hydrogens (primary N) is 1. The largest absolute Gasteiger partial charge is 0.313 e. The lowest BCUT2D eigenvalue weighted by atomic mass is 9.98. The van der Waals surface area contributed by atoms with Crippen molar-refractivity contribution in [2.75, 3.05) is 0 Å². The summed E-state index contributed by atoms with van der Waals surface area (Å²) in [6, 6.07) is 0. The van der Waals surface area contributed by atoms with E-state index in [2.05, 4.69) is 48.6 Å². The molecule has 0 saturated heterocycles. The third-order valence-corrected chi connectivity index (χ3v) is 2.18. The molecule has 0 aromatic heterocycles. The van der Waals surface area contributed by atoms with Gasteiger partial charge in [0.15, 0.2) is 0 Å². The number of hydrogen-bond acceptors (Lipinski definition) is 1. The van der Waals surface area contributed by atoms with Crippen LogP contribution in [0.4, 0.5) is 0 Å². The van der Waals surface area contributed by atoms with Crippen molar-refractivity contribution in [3.8, 4) is 0 Å². The summed E-state index contributed by atoms with van der Waals surface area (Å²) >= 11 is 2.28. The summed E-state index contributed by atoms with van der Waals surface area (Å²) in [5, 5.41) is 0. The summed E-state index contributed by atoms with van der Waals surface area (Å²) < 4.78 is -0.138. The van der Waals surface area contributed by atoms with E-state index in [1.54, 1.807) is 0 Å². The van der Waals surface area contributed by atoms with Crippen LogP contribution in [0.1, 0.15) is 20.3 Å². The zero-order valence-corrected chi connectivity index (χ0v) is 8.47. The quantitative estimate of drug-likeness (QED) is 0.398. The van der Waals surface area contributed by atoms with E-state index in [-0.39, 0.29) is 3.55 Å². The van der Waals surface area contributed by atoms with Crippen LogP contribution in [0.5, 0.6) is 0 Å². The van der Waals surface area contributed by atoms with Crippen molar-refractivity contribution in [2.45, 2.75) is 23.8 Å². The highest BCUT2D eigenvalue weighted by Gasteiger charge is 2.20. The van der Waals surface area contributed by atoms with E-state index in [1.807, 2.05) is 0 Å². The molecule has 0 saturated carbocycles. The number of hydrogen-bond donors (Lipinski definition) is 1. The normalized spacial score (nSPS) is 33.2. The molecule has 0 aromatic carbocycles. The van der Waals surface area contributed by atoms with E-state index in [0.717, 1.165) is 6.42 Å². The van der Waals surface area contributed by atoms with Crippen LogP contribution in [0.3, 0.4) is 0 Å². The molecule has 0 aromatic rings. The van der Waals surface area contributed by atoms with Gasteiger partial charge in [-0.2, -0.15) is 0 Å². The molecule has 0 bridgehead atoms. The van der Waals surface area contributed by atoms with Gasteiger partial charge in [0.1, 0.15) is 0 Å². The molecule has 0 fully saturated rings. The van der Waals surface area contributed by atoms with Crippen molar-refractivity contribution in [3.63, 3.8) is 0 Å². The second-order valence-electron chi connectivity index (χ2n) is 2.98. The van der Waals surface area contributed by atoms with Crippen LogP contribution < -0.4 is 5.73 Å². The molecule has 10 heavy (non-hydrogen) atoms. The summed E-state index contributed by atoms with van der Waals surface area (Å²) in [6.45, 7) is 4.21. The molecule has 1 aliphatic carbocycles. The average Bonchev–Trinajstić information content (AvgIpc) is 1.54. The van der Waals surface area contributed by atoms with Crippen molar-refractivity contribution in [3.05, 3.63) is 23.3 Å². The number of alkyl halides is 1.